The molecule has 0 saturated carbocycles. The highest BCUT2D eigenvalue weighted by Gasteiger charge is 2.29. The van der Waals surface area contributed by atoms with E-state index >= 15 is 0 Å². The van der Waals surface area contributed by atoms with E-state index in [0.717, 1.165) is 16.7 Å². The van der Waals surface area contributed by atoms with Gasteiger partial charge in [-0.05, 0) is 49.9 Å². The van der Waals surface area contributed by atoms with Crippen LogP contribution in [0.1, 0.15) is 23.1 Å². The summed E-state index contributed by atoms with van der Waals surface area (Å²) in [7, 11) is -2.22. The molecule has 7 heteroatoms. The average Bonchev–Trinajstić information content (AvgIpc) is 2.76. The van der Waals surface area contributed by atoms with E-state index in [1.165, 1.54) is 11.4 Å². The molecule has 1 aliphatic heterocycles. The molecule has 0 bridgehead atoms. The number of hydrogen-bond acceptors (Lipinski definition) is 4. The summed E-state index contributed by atoms with van der Waals surface area (Å²) in [6, 6.07) is 3.64. The number of carbonyl (C=O) groups excluding carboxylic acids is 1. The van der Waals surface area contributed by atoms with Crippen LogP contribution in [0.2, 0.25) is 0 Å². The molecule has 0 unspecified atom stereocenters. The lowest BCUT2D eigenvalue weighted by atomic mass is 10.1. The molecule has 2 rings (SSSR count). The molecule has 0 N–H and O–H groups in total. The first-order valence-electron chi connectivity index (χ1n) is 7.68. The highest BCUT2D eigenvalue weighted by Crippen LogP contribution is 2.24. The molecule has 1 saturated heterocycles. The number of benzene rings is 1. The van der Waals surface area contributed by atoms with Crippen LogP contribution < -0.4 is 0 Å². The zero-order chi connectivity index (χ0) is 17.2. The van der Waals surface area contributed by atoms with Crippen LogP contribution in [-0.2, 0) is 14.8 Å². The summed E-state index contributed by atoms with van der Waals surface area (Å²) in [4.78, 5) is 13.5. The van der Waals surface area contributed by atoms with E-state index < -0.39 is 16.1 Å². The first kappa shape index (κ1) is 17.7. The lowest BCUT2D eigenvalue weighted by Crippen LogP contribution is -2.37. The van der Waals surface area contributed by atoms with Crippen LogP contribution in [0.15, 0.2) is 17.0 Å². The first-order valence-corrected chi connectivity index (χ1v) is 9.12. The molecule has 128 valence electrons. The number of sulfonamides is 1. The Kier molecular flexibility index (Phi) is 5.31. The van der Waals surface area contributed by atoms with Crippen molar-refractivity contribution in [3.8, 4) is 0 Å². The third kappa shape index (κ3) is 3.67. The summed E-state index contributed by atoms with van der Waals surface area (Å²) in [6.45, 7) is 7.23. The Labute approximate surface area is 138 Å². The fraction of sp³-hybridized carbons (Fsp3) is 0.562. The SMILES string of the molecule is COC(=O)N1CCCN(S(=O)(=O)c2cc(C)c(C)cc2C)CC1. The Morgan fingerprint density at radius 2 is 1.65 bits per heavy atom. The molecule has 23 heavy (non-hydrogen) atoms. The number of methoxy groups -OCH3 is 1. The standard InChI is InChI=1S/C16H24N2O4S/c1-12-10-14(3)15(11-13(12)2)23(20,21)18-7-5-6-17(8-9-18)16(19)22-4/h10-11H,5-9H2,1-4H3. The smallest absolute Gasteiger partial charge is 0.409 e. The van der Waals surface area contributed by atoms with Gasteiger partial charge in [-0.3, -0.25) is 0 Å². The van der Waals surface area contributed by atoms with E-state index in [1.807, 2.05) is 26.8 Å². The summed E-state index contributed by atoms with van der Waals surface area (Å²) in [5.74, 6) is 0. The number of amides is 1. The van der Waals surface area contributed by atoms with Crippen LogP contribution in [-0.4, -0.2) is 57.0 Å². The molecule has 1 heterocycles. The van der Waals surface area contributed by atoms with Crippen molar-refractivity contribution in [1.29, 1.82) is 0 Å². The summed E-state index contributed by atoms with van der Waals surface area (Å²) < 4.78 is 32.1. The number of carbonyl (C=O) groups is 1. The molecule has 0 atom stereocenters. The zero-order valence-corrected chi connectivity index (χ0v) is 14.9. The van der Waals surface area contributed by atoms with Crippen LogP contribution in [0.3, 0.4) is 0 Å². The number of aryl methyl sites for hydroxylation is 3. The number of hydrogen-bond donors (Lipinski definition) is 0. The topological polar surface area (TPSA) is 66.9 Å². The molecule has 0 aliphatic carbocycles. The van der Waals surface area contributed by atoms with Gasteiger partial charge in [-0.1, -0.05) is 6.07 Å². The minimum Gasteiger partial charge on any atom is -0.453 e. The van der Waals surface area contributed by atoms with Crippen molar-refractivity contribution >= 4 is 16.1 Å². The van der Waals surface area contributed by atoms with E-state index in [2.05, 4.69) is 0 Å². The van der Waals surface area contributed by atoms with Crippen LogP contribution in [0, 0.1) is 20.8 Å². The second-order valence-electron chi connectivity index (χ2n) is 5.92. The normalized spacial score (nSPS) is 17.0. The average molecular weight is 340 g/mol. The molecule has 0 radical (unpaired) electrons. The summed E-state index contributed by atoms with van der Waals surface area (Å²) in [6.07, 6.45) is 0.185. The van der Waals surface area contributed by atoms with Gasteiger partial charge in [0.05, 0.1) is 12.0 Å². The van der Waals surface area contributed by atoms with Gasteiger partial charge in [-0.2, -0.15) is 4.31 Å². The molecule has 0 aromatic heterocycles. The predicted octanol–water partition coefficient (Wildman–Crippen LogP) is 2.07. The molecule has 0 spiro atoms. The van der Waals surface area contributed by atoms with E-state index in [0.29, 0.717) is 31.0 Å². The van der Waals surface area contributed by atoms with Gasteiger partial charge in [-0.15, -0.1) is 0 Å². The van der Waals surface area contributed by atoms with Crippen LogP contribution in [0.5, 0.6) is 0 Å². The van der Waals surface area contributed by atoms with Crippen molar-refractivity contribution in [2.75, 3.05) is 33.3 Å². The number of nitrogens with zero attached hydrogens (tertiary/aromatic N) is 2. The maximum atomic E-state index is 13.0. The molecule has 1 aliphatic rings. The van der Waals surface area contributed by atoms with Crippen molar-refractivity contribution in [3.63, 3.8) is 0 Å². The second-order valence-corrected chi connectivity index (χ2v) is 7.82. The number of ether oxygens (including phenoxy) is 1. The van der Waals surface area contributed by atoms with E-state index in [-0.39, 0.29) is 6.54 Å². The van der Waals surface area contributed by atoms with Gasteiger partial charge in [0.15, 0.2) is 0 Å². The largest absolute Gasteiger partial charge is 0.453 e. The Morgan fingerprint density at radius 3 is 2.30 bits per heavy atom. The van der Waals surface area contributed by atoms with Crippen LogP contribution in [0.25, 0.3) is 0 Å². The van der Waals surface area contributed by atoms with Crippen LogP contribution >= 0.6 is 0 Å². The quantitative estimate of drug-likeness (QED) is 0.827. The van der Waals surface area contributed by atoms with Crippen molar-refractivity contribution in [2.45, 2.75) is 32.1 Å². The monoisotopic (exact) mass is 340 g/mol. The van der Waals surface area contributed by atoms with Crippen LogP contribution in [0.4, 0.5) is 4.79 Å². The Balaban J connectivity index is 2.27. The predicted molar refractivity (Wildman–Crippen MR) is 88.0 cm³/mol. The zero-order valence-electron chi connectivity index (χ0n) is 14.1. The van der Waals surface area contributed by atoms with Crippen molar-refractivity contribution in [1.82, 2.24) is 9.21 Å². The fourth-order valence-corrected chi connectivity index (χ4v) is 4.56. The lowest BCUT2D eigenvalue weighted by Gasteiger charge is -2.22. The van der Waals surface area contributed by atoms with Gasteiger partial charge >= 0.3 is 6.09 Å². The molecule has 1 aromatic carbocycles. The van der Waals surface area contributed by atoms with E-state index in [9.17, 15) is 13.2 Å². The van der Waals surface area contributed by atoms with E-state index in [4.69, 9.17) is 4.74 Å². The molecule has 1 fully saturated rings. The Hall–Kier alpha value is -1.60. The molecule has 1 amide bonds. The minimum atomic E-state index is -3.56. The van der Waals surface area contributed by atoms with Gasteiger partial charge in [0, 0.05) is 26.2 Å². The lowest BCUT2D eigenvalue weighted by molar-refractivity contribution is 0.126. The maximum absolute atomic E-state index is 13.0. The van der Waals surface area contributed by atoms with Gasteiger partial charge in [0.1, 0.15) is 0 Å². The molecule has 1 aromatic rings. The van der Waals surface area contributed by atoms with Gasteiger partial charge in [0.2, 0.25) is 10.0 Å². The summed E-state index contributed by atoms with van der Waals surface area (Å²) >= 11 is 0. The second kappa shape index (κ2) is 6.88. The molecular formula is C16H24N2O4S. The van der Waals surface area contributed by atoms with Gasteiger partial charge in [0.25, 0.3) is 0 Å². The van der Waals surface area contributed by atoms with Gasteiger partial charge in [-0.25, -0.2) is 13.2 Å². The summed E-state index contributed by atoms with van der Waals surface area (Å²) in [5.41, 5.74) is 2.79. The van der Waals surface area contributed by atoms with Crippen molar-refractivity contribution < 1.29 is 17.9 Å². The third-order valence-electron chi connectivity index (χ3n) is 4.30. The molecule has 6 nitrogen and oxygen atoms in total. The van der Waals surface area contributed by atoms with E-state index in [1.54, 1.807) is 11.0 Å². The minimum absolute atomic E-state index is 0.282. The van der Waals surface area contributed by atoms with Gasteiger partial charge < -0.3 is 9.64 Å². The fourth-order valence-electron chi connectivity index (χ4n) is 2.80. The maximum Gasteiger partial charge on any atom is 0.409 e. The highest BCUT2D eigenvalue weighted by molar-refractivity contribution is 7.89. The Morgan fingerprint density at radius 1 is 1.00 bits per heavy atom. The highest BCUT2D eigenvalue weighted by atomic mass is 32.2. The Bertz CT molecular complexity index is 700. The summed E-state index contributed by atoms with van der Waals surface area (Å²) in [5, 5.41) is 0. The van der Waals surface area contributed by atoms with Crippen molar-refractivity contribution in [2.24, 2.45) is 0 Å². The number of rotatable bonds is 2. The third-order valence-corrected chi connectivity index (χ3v) is 6.34. The molecular weight excluding hydrogens is 316 g/mol. The van der Waals surface area contributed by atoms with Crippen molar-refractivity contribution in [3.05, 3.63) is 28.8 Å². The first-order chi connectivity index (χ1) is 10.8.